The van der Waals surface area contributed by atoms with Crippen molar-refractivity contribution >= 4 is 11.7 Å². The van der Waals surface area contributed by atoms with Gasteiger partial charge in [-0.2, -0.15) is 0 Å². The van der Waals surface area contributed by atoms with Crippen LogP contribution in [0.25, 0.3) is 0 Å². The molecule has 1 aromatic rings. The summed E-state index contributed by atoms with van der Waals surface area (Å²) in [6.07, 6.45) is 5.32. The number of amidine groups is 1. The second-order valence-electron chi connectivity index (χ2n) is 5.50. The van der Waals surface area contributed by atoms with Crippen LogP contribution in [-0.2, 0) is 0 Å². The number of nitrogens with two attached hydrogens (primary N) is 1. The van der Waals surface area contributed by atoms with Gasteiger partial charge in [0.05, 0.1) is 0 Å². The SMILES string of the molecule is CC(C)CCN(c1cc(/C(N)=N/O)ccn1)C1CC1. The zero-order chi connectivity index (χ0) is 13.8. The summed E-state index contributed by atoms with van der Waals surface area (Å²) in [6, 6.07) is 4.26. The molecule has 0 amide bonds. The first-order valence-electron chi connectivity index (χ1n) is 6.82. The van der Waals surface area contributed by atoms with E-state index >= 15 is 0 Å². The van der Waals surface area contributed by atoms with E-state index in [0.717, 1.165) is 18.8 Å². The minimum absolute atomic E-state index is 0.128. The summed E-state index contributed by atoms with van der Waals surface area (Å²) in [5.74, 6) is 1.73. The van der Waals surface area contributed by atoms with Crippen LogP contribution in [0.15, 0.2) is 23.5 Å². The Morgan fingerprint density at radius 2 is 2.32 bits per heavy atom. The number of rotatable bonds is 6. The standard InChI is InChI=1S/C14H22N4O/c1-10(2)6-8-18(12-3-4-12)13-9-11(5-7-16-13)14(15)17-19/h5,7,9-10,12,19H,3-4,6,8H2,1-2H3,(H2,15,17). The van der Waals surface area contributed by atoms with Gasteiger partial charge in [-0.05, 0) is 37.3 Å². The highest BCUT2D eigenvalue weighted by molar-refractivity contribution is 5.97. The molecule has 0 aromatic carbocycles. The number of pyridine rings is 1. The van der Waals surface area contributed by atoms with Gasteiger partial charge in [0.15, 0.2) is 5.84 Å². The third-order valence-electron chi connectivity index (χ3n) is 3.38. The summed E-state index contributed by atoms with van der Waals surface area (Å²) in [7, 11) is 0. The molecule has 5 nitrogen and oxygen atoms in total. The first-order chi connectivity index (χ1) is 9.11. The zero-order valence-electron chi connectivity index (χ0n) is 11.6. The van der Waals surface area contributed by atoms with E-state index in [0.29, 0.717) is 17.5 Å². The Bertz CT molecular complexity index is 455. The van der Waals surface area contributed by atoms with Crippen LogP contribution in [0.2, 0.25) is 0 Å². The molecule has 1 aliphatic carbocycles. The fourth-order valence-corrected chi connectivity index (χ4v) is 2.06. The maximum Gasteiger partial charge on any atom is 0.170 e. The summed E-state index contributed by atoms with van der Waals surface area (Å²) in [5, 5.41) is 11.8. The Balaban J connectivity index is 2.17. The molecule has 1 fully saturated rings. The smallest absolute Gasteiger partial charge is 0.170 e. The lowest BCUT2D eigenvalue weighted by Crippen LogP contribution is -2.29. The molecule has 1 heterocycles. The molecule has 19 heavy (non-hydrogen) atoms. The third-order valence-corrected chi connectivity index (χ3v) is 3.38. The fraction of sp³-hybridized carbons (Fsp3) is 0.571. The van der Waals surface area contributed by atoms with E-state index in [2.05, 4.69) is 28.9 Å². The molecule has 0 saturated heterocycles. The second kappa shape index (κ2) is 5.91. The predicted octanol–water partition coefficient (Wildman–Crippen LogP) is 2.19. The fourth-order valence-electron chi connectivity index (χ4n) is 2.06. The number of aromatic nitrogens is 1. The van der Waals surface area contributed by atoms with E-state index in [9.17, 15) is 0 Å². The molecular formula is C14H22N4O. The molecular weight excluding hydrogens is 240 g/mol. The monoisotopic (exact) mass is 262 g/mol. The van der Waals surface area contributed by atoms with E-state index in [1.807, 2.05) is 6.07 Å². The van der Waals surface area contributed by atoms with Crippen LogP contribution in [-0.4, -0.2) is 28.6 Å². The van der Waals surface area contributed by atoms with Gasteiger partial charge in [-0.25, -0.2) is 4.98 Å². The molecule has 0 bridgehead atoms. The topological polar surface area (TPSA) is 74.7 Å². The van der Waals surface area contributed by atoms with Crippen molar-refractivity contribution in [1.82, 2.24) is 4.98 Å². The maximum atomic E-state index is 8.74. The van der Waals surface area contributed by atoms with E-state index < -0.39 is 0 Å². The van der Waals surface area contributed by atoms with Gasteiger partial charge in [0, 0.05) is 24.3 Å². The van der Waals surface area contributed by atoms with Crippen LogP contribution in [0.3, 0.4) is 0 Å². The third kappa shape index (κ3) is 3.59. The molecule has 0 atom stereocenters. The lowest BCUT2D eigenvalue weighted by molar-refractivity contribution is 0.318. The second-order valence-corrected chi connectivity index (χ2v) is 5.50. The van der Waals surface area contributed by atoms with E-state index in [4.69, 9.17) is 10.9 Å². The summed E-state index contributed by atoms with van der Waals surface area (Å²) in [6.45, 7) is 5.46. The number of hydrogen-bond donors (Lipinski definition) is 2. The molecule has 1 aliphatic rings. The number of anilines is 1. The molecule has 0 unspecified atom stereocenters. The van der Waals surface area contributed by atoms with Crippen LogP contribution in [0.4, 0.5) is 5.82 Å². The maximum absolute atomic E-state index is 8.74. The van der Waals surface area contributed by atoms with Gasteiger partial charge in [-0.1, -0.05) is 19.0 Å². The molecule has 1 aromatic heterocycles. The van der Waals surface area contributed by atoms with Crippen LogP contribution < -0.4 is 10.6 Å². The van der Waals surface area contributed by atoms with Crippen molar-refractivity contribution < 1.29 is 5.21 Å². The van der Waals surface area contributed by atoms with Gasteiger partial charge in [0.2, 0.25) is 0 Å². The molecule has 3 N–H and O–H groups in total. The Morgan fingerprint density at radius 1 is 1.58 bits per heavy atom. The predicted molar refractivity (Wildman–Crippen MR) is 76.6 cm³/mol. The van der Waals surface area contributed by atoms with Crippen LogP contribution in [0, 0.1) is 5.92 Å². The van der Waals surface area contributed by atoms with Gasteiger partial charge in [-0.15, -0.1) is 0 Å². The molecule has 0 aliphatic heterocycles. The van der Waals surface area contributed by atoms with Gasteiger partial charge in [0.25, 0.3) is 0 Å². The Hall–Kier alpha value is -1.78. The molecule has 5 heteroatoms. The van der Waals surface area contributed by atoms with Gasteiger partial charge >= 0.3 is 0 Å². The minimum Gasteiger partial charge on any atom is -0.409 e. The lowest BCUT2D eigenvalue weighted by atomic mass is 10.1. The average Bonchev–Trinajstić information content (AvgIpc) is 3.23. The quantitative estimate of drug-likeness (QED) is 0.357. The largest absolute Gasteiger partial charge is 0.409 e. The van der Waals surface area contributed by atoms with Gasteiger partial charge in [0.1, 0.15) is 5.82 Å². The summed E-state index contributed by atoms with van der Waals surface area (Å²) < 4.78 is 0. The van der Waals surface area contributed by atoms with Crippen molar-refractivity contribution in [3.8, 4) is 0 Å². The Labute approximate surface area is 114 Å². The van der Waals surface area contributed by atoms with Crippen molar-refractivity contribution in [3.05, 3.63) is 23.9 Å². The zero-order valence-corrected chi connectivity index (χ0v) is 11.6. The summed E-state index contributed by atoms with van der Waals surface area (Å²) >= 11 is 0. The molecule has 0 spiro atoms. The van der Waals surface area contributed by atoms with Gasteiger partial charge in [-0.3, -0.25) is 0 Å². The lowest BCUT2D eigenvalue weighted by Gasteiger charge is -2.24. The molecule has 1 saturated carbocycles. The van der Waals surface area contributed by atoms with Gasteiger partial charge < -0.3 is 15.8 Å². The van der Waals surface area contributed by atoms with Crippen molar-refractivity contribution in [2.75, 3.05) is 11.4 Å². The van der Waals surface area contributed by atoms with Crippen LogP contribution in [0.1, 0.15) is 38.7 Å². The molecule has 2 rings (SSSR count). The van der Waals surface area contributed by atoms with E-state index in [1.165, 1.54) is 12.8 Å². The first-order valence-corrected chi connectivity index (χ1v) is 6.82. The Kier molecular flexibility index (Phi) is 4.24. The average molecular weight is 262 g/mol. The molecule has 0 radical (unpaired) electrons. The normalized spacial score (nSPS) is 15.8. The van der Waals surface area contributed by atoms with Crippen molar-refractivity contribution in [3.63, 3.8) is 0 Å². The first kappa shape index (κ1) is 13.6. The Morgan fingerprint density at radius 3 is 2.89 bits per heavy atom. The highest BCUT2D eigenvalue weighted by Gasteiger charge is 2.29. The minimum atomic E-state index is 0.128. The number of hydrogen-bond acceptors (Lipinski definition) is 4. The number of nitrogens with zero attached hydrogens (tertiary/aromatic N) is 3. The van der Waals surface area contributed by atoms with E-state index in [-0.39, 0.29) is 5.84 Å². The summed E-state index contributed by atoms with van der Waals surface area (Å²) in [5.41, 5.74) is 6.34. The van der Waals surface area contributed by atoms with Crippen LogP contribution >= 0.6 is 0 Å². The molecule has 104 valence electrons. The highest BCUT2D eigenvalue weighted by atomic mass is 16.4. The van der Waals surface area contributed by atoms with Crippen molar-refractivity contribution in [1.29, 1.82) is 0 Å². The highest BCUT2D eigenvalue weighted by Crippen LogP contribution is 2.31. The van der Waals surface area contributed by atoms with Crippen LogP contribution in [0.5, 0.6) is 0 Å². The van der Waals surface area contributed by atoms with Crippen molar-refractivity contribution in [2.24, 2.45) is 16.8 Å². The number of oxime groups is 1. The van der Waals surface area contributed by atoms with Crippen molar-refractivity contribution in [2.45, 2.75) is 39.2 Å². The van der Waals surface area contributed by atoms with E-state index in [1.54, 1.807) is 12.3 Å². The summed E-state index contributed by atoms with van der Waals surface area (Å²) in [4.78, 5) is 6.77.